The predicted octanol–water partition coefficient (Wildman–Crippen LogP) is 3.76. The molecule has 2 amide bonds. The zero-order valence-electron chi connectivity index (χ0n) is 18.0. The van der Waals surface area contributed by atoms with Crippen LogP contribution in [-0.4, -0.2) is 37.0 Å². The van der Waals surface area contributed by atoms with E-state index in [-0.39, 0.29) is 16.9 Å². The number of benzene rings is 3. The Hall–Kier alpha value is -4.24. The topological polar surface area (TPSA) is 123 Å². The third-order valence-electron chi connectivity index (χ3n) is 4.79. The van der Waals surface area contributed by atoms with E-state index in [1.165, 1.54) is 25.3 Å². The number of nitrogens with zero attached hydrogens (tertiary/aromatic N) is 1. The van der Waals surface area contributed by atoms with E-state index in [4.69, 9.17) is 4.74 Å². The Balaban J connectivity index is 1.83. The Morgan fingerprint density at radius 2 is 1.67 bits per heavy atom. The van der Waals surface area contributed by atoms with Gasteiger partial charge >= 0.3 is 0 Å². The molecule has 33 heavy (non-hydrogen) atoms. The zero-order valence-corrected chi connectivity index (χ0v) is 18.0. The molecule has 3 rings (SSSR count). The lowest BCUT2D eigenvalue weighted by Crippen LogP contribution is -2.37. The van der Waals surface area contributed by atoms with E-state index in [0.29, 0.717) is 24.4 Å². The van der Waals surface area contributed by atoms with Crippen LogP contribution in [0.15, 0.2) is 78.9 Å². The van der Waals surface area contributed by atoms with Crippen molar-refractivity contribution in [2.75, 3.05) is 30.9 Å². The molecule has 0 bridgehead atoms. The molecular weight excluding hydrogens is 424 g/mol. The lowest BCUT2D eigenvalue weighted by Gasteiger charge is -2.19. The summed E-state index contributed by atoms with van der Waals surface area (Å²) < 4.78 is 4.94. The first-order valence-corrected chi connectivity index (χ1v) is 10.2. The summed E-state index contributed by atoms with van der Waals surface area (Å²) in [5.74, 6) is -1.05. The third-order valence-corrected chi connectivity index (χ3v) is 4.79. The maximum atomic E-state index is 13.0. The molecule has 0 aliphatic rings. The summed E-state index contributed by atoms with van der Waals surface area (Å²) in [4.78, 5) is 36.9. The lowest BCUT2D eigenvalue weighted by atomic mass is 10.0. The highest BCUT2D eigenvalue weighted by Gasteiger charge is 2.25. The second kappa shape index (κ2) is 11.4. The van der Waals surface area contributed by atoms with Gasteiger partial charge in [-0.2, -0.15) is 0 Å². The fraction of sp³-hybridized carbons (Fsp3) is 0.167. The third kappa shape index (κ3) is 6.37. The Morgan fingerprint density at radius 1 is 1.00 bits per heavy atom. The van der Waals surface area contributed by atoms with Crippen LogP contribution < -0.4 is 16.0 Å². The van der Waals surface area contributed by atoms with Crippen molar-refractivity contribution in [1.29, 1.82) is 0 Å². The van der Waals surface area contributed by atoms with Gasteiger partial charge in [0.25, 0.3) is 17.5 Å². The van der Waals surface area contributed by atoms with Crippen LogP contribution in [0.25, 0.3) is 0 Å². The quantitative estimate of drug-likeness (QED) is 0.247. The van der Waals surface area contributed by atoms with E-state index < -0.39 is 22.8 Å². The number of anilines is 2. The van der Waals surface area contributed by atoms with Crippen LogP contribution in [0.3, 0.4) is 0 Å². The minimum atomic E-state index is -1.00. The van der Waals surface area contributed by atoms with Crippen molar-refractivity contribution in [3.8, 4) is 0 Å². The first-order valence-electron chi connectivity index (χ1n) is 10.2. The first kappa shape index (κ1) is 23.4. The van der Waals surface area contributed by atoms with Crippen molar-refractivity contribution in [3.05, 3.63) is 100 Å². The number of ether oxygens (including phenoxy) is 1. The molecular formula is C24H24N4O5. The van der Waals surface area contributed by atoms with Crippen LogP contribution in [0, 0.1) is 10.1 Å². The Bertz CT molecular complexity index is 1110. The van der Waals surface area contributed by atoms with E-state index in [0.717, 1.165) is 0 Å². The van der Waals surface area contributed by atoms with Gasteiger partial charge in [0.05, 0.1) is 11.5 Å². The summed E-state index contributed by atoms with van der Waals surface area (Å²) in [5.41, 5.74) is 1.25. The van der Waals surface area contributed by atoms with E-state index in [9.17, 15) is 19.7 Å². The van der Waals surface area contributed by atoms with Crippen molar-refractivity contribution < 1.29 is 19.2 Å². The highest BCUT2D eigenvalue weighted by Crippen LogP contribution is 2.26. The summed E-state index contributed by atoms with van der Waals surface area (Å²) in [6.07, 6.45) is 0. The minimum Gasteiger partial charge on any atom is -0.383 e. The Morgan fingerprint density at radius 3 is 2.30 bits per heavy atom. The van der Waals surface area contributed by atoms with Crippen LogP contribution in [0.5, 0.6) is 0 Å². The van der Waals surface area contributed by atoms with Gasteiger partial charge in [0.2, 0.25) is 0 Å². The average molecular weight is 448 g/mol. The van der Waals surface area contributed by atoms with Crippen LogP contribution in [0.2, 0.25) is 0 Å². The standard InChI is InChI=1S/C24H24N4O5/c1-33-15-14-25-20-13-12-18(16-21(20)28(31)32)23(29)27-22(17-8-4-2-5-9-17)24(30)26-19-10-6-3-7-11-19/h2-13,16,22,25H,14-15H2,1H3,(H,26,30)(H,27,29). The molecule has 3 aromatic carbocycles. The number of nitro benzene ring substituents is 1. The van der Waals surface area contributed by atoms with Gasteiger partial charge in [-0.1, -0.05) is 48.5 Å². The van der Waals surface area contributed by atoms with E-state index in [1.54, 1.807) is 54.6 Å². The average Bonchev–Trinajstić information content (AvgIpc) is 2.83. The second-order valence-electron chi connectivity index (χ2n) is 7.08. The fourth-order valence-electron chi connectivity index (χ4n) is 3.16. The number of hydrogen-bond donors (Lipinski definition) is 3. The van der Waals surface area contributed by atoms with E-state index >= 15 is 0 Å². The lowest BCUT2D eigenvalue weighted by molar-refractivity contribution is -0.384. The number of nitrogens with one attached hydrogen (secondary N) is 3. The van der Waals surface area contributed by atoms with Gasteiger partial charge in [-0.25, -0.2) is 0 Å². The molecule has 1 atom stereocenters. The van der Waals surface area contributed by atoms with Gasteiger partial charge in [-0.15, -0.1) is 0 Å². The molecule has 0 saturated heterocycles. The molecule has 3 aromatic rings. The minimum absolute atomic E-state index is 0.0624. The van der Waals surface area contributed by atoms with Crippen molar-refractivity contribution in [2.24, 2.45) is 0 Å². The first-order chi connectivity index (χ1) is 16.0. The molecule has 0 radical (unpaired) electrons. The number of amides is 2. The van der Waals surface area contributed by atoms with Crippen molar-refractivity contribution >= 4 is 28.9 Å². The van der Waals surface area contributed by atoms with Gasteiger partial charge in [0.15, 0.2) is 0 Å². The van der Waals surface area contributed by atoms with Gasteiger partial charge in [-0.3, -0.25) is 19.7 Å². The molecule has 0 heterocycles. The highest BCUT2D eigenvalue weighted by atomic mass is 16.6. The Labute approximate surface area is 190 Å². The smallest absolute Gasteiger partial charge is 0.293 e. The van der Waals surface area contributed by atoms with Crippen LogP contribution in [-0.2, 0) is 9.53 Å². The molecule has 0 fully saturated rings. The fourth-order valence-corrected chi connectivity index (χ4v) is 3.16. The number of nitro groups is 1. The van der Waals surface area contributed by atoms with E-state index in [2.05, 4.69) is 16.0 Å². The highest BCUT2D eigenvalue weighted by molar-refractivity contribution is 6.02. The predicted molar refractivity (Wildman–Crippen MR) is 125 cm³/mol. The molecule has 170 valence electrons. The Kier molecular flexibility index (Phi) is 8.09. The molecule has 0 spiro atoms. The van der Waals surface area contributed by atoms with Crippen LogP contribution in [0.1, 0.15) is 22.0 Å². The summed E-state index contributed by atoms with van der Waals surface area (Å²) in [7, 11) is 1.53. The van der Waals surface area contributed by atoms with Crippen LogP contribution >= 0.6 is 0 Å². The normalized spacial score (nSPS) is 11.3. The summed E-state index contributed by atoms with van der Waals surface area (Å²) in [5, 5.41) is 19.9. The molecule has 9 heteroatoms. The number of methoxy groups -OCH3 is 1. The van der Waals surface area contributed by atoms with Crippen molar-refractivity contribution in [1.82, 2.24) is 5.32 Å². The number of rotatable bonds is 10. The molecule has 3 N–H and O–H groups in total. The maximum absolute atomic E-state index is 13.0. The molecule has 0 aromatic heterocycles. The molecule has 0 saturated carbocycles. The van der Waals surface area contributed by atoms with Crippen molar-refractivity contribution in [2.45, 2.75) is 6.04 Å². The monoisotopic (exact) mass is 448 g/mol. The van der Waals surface area contributed by atoms with Gasteiger partial charge < -0.3 is 20.7 Å². The summed E-state index contributed by atoms with van der Waals surface area (Å²) in [6, 6.07) is 20.7. The molecule has 0 aliphatic carbocycles. The summed E-state index contributed by atoms with van der Waals surface area (Å²) in [6.45, 7) is 0.743. The van der Waals surface area contributed by atoms with Gasteiger partial charge in [0, 0.05) is 31.0 Å². The van der Waals surface area contributed by atoms with Gasteiger partial charge in [0.1, 0.15) is 11.7 Å². The summed E-state index contributed by atoms with van der Waals surface area (Å²) >= 11 is 0. The van der Waals surface area contributed by atoms with Gasteiger partial charge in [-0.05, 0) is 29.8 Å². The number of para-hydroxylation sites is 1. The molecule has 0 aliphatic heterocycles. The SMILES string of the molecule is COCCNc1ccc(C(=O)NC(C(=O)Nc2ccccc2)c2ccccc2)cc1[N+](=O)[O-]. The maximum Gasteiger partial charge on any atom is 0.293 e. The molecule has 1 unspecified atom stereocenters. The molecule has 9 nitrogen and oxygen atoms in total. The number of hydrogen-bond acceptors (Lipinski definition) is 6. The zero-order chi connectivity index (χ0) is 23.6. The number of carbonyl (C=O) groups excluding carboxylic acids is 2. The largest absolute Gasteiger partial charge is 0.383 e. The van der Waals surface area contributed by atoms with Crippen LogP contribution in [0.4, 0.5) is 17.1 Å². The number of carbonyl (C=O) groups is 2. The van der Waals surface area contributed by atoms with E-state index in [1.807, 2.05) is 6.07 Å². The van der Waals surface area contributed by atoms with Crippen molar-refractivity contribution in [3.63, 3.8) is 0 Å². The second-order valence-corrected chi connectivity index (χ2v) is 7.08.